The smallest absolute Gasteiger partial charge is 0.241 e. The Morgan fingerprint density at radius 1 is 1.55 bits per heavy atom. The molecule has 2 bridgehead atoms. The van der Waals surface area contributed by atoms with E-state index in [0.717, 1.165) is 12.3 Å². The van der Waals surface area contributed by atoms with E-state index in [0.29, 0.717) is 5.92 Å². The third kappa shape index (κ3) is 1.17. The zero-order valence-electron chi connectivity index (χ0n) is 6.55. The highest BCUT2D eigenvalue weighted by Gasteiger charge is 2.35. The minimum absolute atomic E-state index is 0.271. The van der Waals surface area contributed by atoms with E-state index in [2.05, 4.69) is 0 Å². The summed E-state index contributed by atoms with van der Waals surface area (Å²) in [5, 5.41) is 0. The zero-order chi connectivity index (χ0) is 7.84. The van der Waals surface area contributed by atoms with E-state index in [-0.39, 0.29) is 5.91 Å². The van der Waals surface area contributed by atoms with Gasteiger partial charge in [0, 0.05) is 6.08 Å². The quantitative estimate of drug-likeness (QED) is 0.562. The molecule has 2 N–H and O–H groups in total. The molecule has 60 valence electrons. The fourth-order valence-electron chi connectivity index (χ4n) is 2.46. The van der Waals surface area contributed by atoms with Crippen LogP contribution in [0.3, 0.4) is 0 Å². The first-order valence-electron chi connectivity index (χ1n) is 4.25. The summed E-state index contributed by atoms with van der Waals surface area (Å²) in [6.45, 7) is 0. The Kier molecular flexibility index (Phi) is 1.48. The summed E-state index contributed by atoms with van der Waals surface area (Å²) in [5.41, 5.74) is 6.40. The van der Waals surface area contributed by atoms with Crippen molar-refractivity contribution in [3.63, 3.8) is 0 Å². The van der Waals surface area contributed by atoms with Gasteiger partial charge in [-0.25, -0.2) is 0 Å². The topological polar surface area (TPSA) is 43.1 Å². The van der Waals surface area contributed by atoms with Gasteiger partial charge in [-0.2, -0.15) is 0 Å². The van der Waals surface area contributed by atoms with E-state index in [4.69, 9.17) is 5.73 Å². The number of rotatable bonds is 1. The SMILES string of the molecule is NC(=O)C=C1CC2CCC1C2. The van der Waals surface area contributed by atoms with Crippen molar-refractivity contribution in [2.24, 2.45) is 17.6 Å². The molecule has 2 nitrogen and oxygen atoms in total. The molecule has 2 aliphatic carbocycles. The third-order valence-corrected chi connectivity index (χ3v) is 2.92. The zero-order valence-corrected chi connectivity index (χ0v) is 6.55. The summed E-state index contributed by atoms with van der Waals surface area (Å²) >= 11 is 0. The molecule has 0 aromatic carbocycles. The van der Waals surface area contributed by atoms with Gasteiger partial charge in [-0.15, -0.1) is 0 Å². The van der Waals surface area contributed by atoms with Gasteiger partial charge in [0.05, 0.1) is 0 Å². The number of primary amides is 1. The molecule has 0 spiro atoms. The highest BCUT2D eigenvalue weighted by atomic mass is 16.1. The average molecular weight is 151 g/mol. The Labute approximate surface area is 66.5 Å². The molecule has 2 heteroatoms. The summed E-state index contributed by atoms with van der Waals surface area (Å²) in [6.07, 6.45) is 6.72. The van der Waals surface area contributed by atoms with Crippen LogP contribution in [0.25, 0.3) is 0 Å². The molecule has 2 atom stereocenters. The van der Waals surface area contributed by atoms with Crippen molar-refractivity contribution in [3.8, 4) is 0 Å². The largest absolute Gasteiger partial charge is 0.366 e. The summed E-state index contributed by atoms with van der Waals surface area (Å²) in [7, 11) is 0. The molecule has 2 fully saturated rings. The molecular formula is C9H13NO. The van der Waals surface area contributed by atoms with E-state index in [1.54, 1.807) is 6.08 Å². The lowest BCUT2D eigenvalue weighted by molar-refractivity contribution is -0.113. The maximum Gasteiger partial charge on any atom is 0.241 e. The summed E-state index contributed by atoms with van der Waals surface area (Å²) < 4.78 is 0. The molecule has 2 aliphatic rings. The molecule has 2 unspecified atom stereocenters. The van der Waals surface area contributed by atoms with Crippen LogP contribution in [0.5, 0.6) is 0 Å². The van der Waals surface area contributed by atoms with Crippen molar-refractivity contribution in [2.75, 3.05) is 0 Å². The first-order valence-corrected chi connectivity index (χ1v) is 4.25. The van der Waals surface area contributed by atoms with Gasteiger partial charge < -0.3 is 5.73 Å². The summed E-state index contributed by atoms with van der Waals surface area (Å²) in [4.78, 5) is 10.6. The van der Waals surface area contributed by atoms with Crippen molar-refractivity contribution in [2.45, 2.75) is 25.7 Å². The van der Waals surface area contributed by atoms with Gasteiger partial charge in [-0.3, -0.25) is 4.79 Å². The fourth-order valence-corrected chi connectivity index (χ4v) is 2.46. The van der Waals surface area contributed by atoms with Crippen LogP contribution in [0, 0.1) is 11.8 Å². The van der Waals surface area contributed by atoms with Crippen molar-refractivity contribution < 1.29 is 4.79 Å². The molecule has 0 radical (unpaired) electrons. The van der Waals surface area contributed by atoms with Crippen LogP contribution in [0.1, 0.15) is 25.7 Å². The number of hydrogen-bond acceptors (Lipinski definition) is 1. The van der Waals surface area contributed by atoms with Crippen LogP contribution in [-0.2, 0) is 4.79 Å². The maximum absolute atomic E-state index is 10.6. The highest BCUT2D eigenvalue weighted by molar-refractivity contribution is 5.86. The van der Waals surface area contributed by atoms with Gasteiger partial charge in [0.2, 0.25) is 5.91 Å². The number of hydrogen-bond donors (Lipinski definition) is 1. The predicted molar refractivity (Wildman–Crippen MR) is 42.7 cm³/mol. The maximum atomic E-state index is 10.6. The van der Waals surface area contributed by atoms with Gasteiger partial charge in [0.25, 0.3) is 0 Å². The molecule has 2 saturated carbocycles. The first kappa shape index (κ1) is 6.89. The molecule has 0 aromatic heterocycles. The molecule has 0 aliphatic heterocycles. The second-order valence-corrected chi connectivity index (χ2v) is 3.70. The molecular weight excluding hydrogens is 138 g/mol. The average Bonchev–Trinajstić information content (AvgIpc) is 2.45. The van der Waals surface area contributed by atoms with Crippen LogP contribution in [0.15, 0.2) is 11.6 Å². The minimum Gasteiger partial charge on any atom is -0.366 e. The number of carbonyl (C=O) groups excluding carboxylic acids is 1. The molecule has 0 saturated heterocycles. The van der Waals surface area contributed by atoms with E-state index in [9.17, 15) is 4.79 Å². The van der Waals surface area contributed by atoms with Gasteiger partial charge in [-0.05, 0) is 37.5 Å². The summed E-state index contributed by atoms with van der Waals surface area (Å²) in [5.74, 6) is 1.30. The molecule has 0 heterocycles. The number of carbonyl (C=O) groups is 1. The lowest BCUT2D eigenvalue weighted by Gasteiger charge is -2.11. The van der Waals surface area contributed by atoms with Crippen LogP contribution >= 0.6 is 0 Å². The second kappa shape index (κ2) is 2.36. The monoisotopic (exact) mass is 151 g/mol. The van der Waals surface area contributed by atoms with Crippen molar-refractivity contribution in [1.82, 2.24) is 0 Å². The van der Waals surface area contributed by atoms with Gasteiger partial charge >= 0.3 is 0 Å². The Morgan fingerprint density at radius 3 is 2.82 bits per heavy atom. The van der Waals surface area contributed by atoms with E-state index in [1.807, 2.05) is 0 Å². The lowest BCUT2D eigenvalue weighted by atomic mass is 9.94. The Hall–Kier alpha value is -0.790. The highest BCUT2D eigenvalue weighted by Crippen LogP contribution is 2.47. The predicted octanol–water partition coefficient (Wildman–Crippen LogP) is 1.22. The molecule has 1 amide bonds. The number of fused-ring (bicyclic) bond motifs is 2. The first-order chi connectivity index (χ1) is 5.25. The second-order valence-electron chi connectivity index (χ2n) is 3.70. The van der Waals surface area contributed by atoms with Gasteiger partial charge in [-0.1, -0.05) is 5.57 Å². The Bertz CT molecular complexity index is 220. The van der Waals surface area contributed by atoms with Gasteiger partial charge in [0.15, 0.2) is 0 Å². The minimum atomic E-state index is -0.271. The van der Waals surface area contributed by atoms with E-state index in [1.165, 1.54) is 24.8 Å². The lowest BCUT2D eigenvalue weighted by Crippen LogP contribution is -2.09. The Morgan fingerprint density at radius 2 is 2.36 bits per heavy atom. The number of amides is 1. The number of nitrogens with two attached hydrogens (primary N) is 1. The van der Waals surface area contributed by atoms with Crippen molar-refractivity contribution in [3.05, 3.63) is 11.6 Å². The van der Waals surface area contributed by atoms with Crippen molar-refractivity contribution >= 4 is 5.91 Å². The third-order valence-electron chi connectivity index (χ3n) is 2.92. The number of allylic oxidation sites excluding steroid dienone is 1. The summed E-state index contributed by atoms with van der Waals surface area (Å²) in [6, 6.07) is 0. The van der Waals surface area contributed by atoms with Crippen LogP contribution < -0.4 is 5.73 Å². The van der Waals surface area contributed by atoms with Crippen LogP contribution in [0.4, 0.5) is 0 Å². The fraction of sp³-hybridized carbons (Fsp3) is 0.667. The Balaban J connectivity index is 2.13. The van der Waals surface area contributed by atoms with Crippen LogP contribution in [0.2, 0.25) is 0 Å². The van der Waals surface area contributed by atoms with E-state index >= 15 is 0 Å². The molecule has 2 rings (SSSR count). The van der Waals surface area contributed by atoms with Crippen LogP contribution in [-0.4, -0.2) is 5.91 Å². The van der Waals surface area contributed by atoms with Crippen molar-refractivity contribution in [1.29, 1.82) is 0 Å². The standard InChI is InChI=1S/C9H13NO/c10-9(11)5-8-4-6-1-2-7(8)3-6/h5-7H,1-4H2,(H2,10,11). The molecule has 11 heavy (non-hydrogen) atoms. The normalized spacial score (nSPS) is 38.4. The van der Waals surface area contributed by atoms with Gasteiger partial charge in [0.1, 0.15) is 0 Å². The van der Waals surface area contributed by atoms with E-state index < -0.39 is 0 Å². The molecule has 0 aromatic rings.